The van der Waals surface area contributed by atoms with Crippen molar-refractivity contribution in [3.05, 3.63) is 88.8 Å². The van der Waals surface area contributed by atoms with Crippen LogP contribution in [0.25, 0.3) is 6.08 Å². The molecule has 10 heteroatoms. The number of esters is 1. The Morgan fingerprint density at radius 2 is 1.89 bits per heavy atom. The number of imide groups is 1. The summed E-state index contributed by atoms with van der Waals surface area (Å²) in [6.07, 6.45) is 1.49. The molecule has 0 spiro atoms. The smallest absolute Gasteiger partial charge is 0.373 e. The molecule has 1 aromatic heterocycles. The molecule has 9 nitrogen and oxygen atoms in total. The van der Waals surface area contributed by atoms with Crippen molar-refractivity contribution in [2.45, 2.75) is 13.2 Å². The molecule has 180 valence electrons. The number of hydrogen-bond donors (Lipinski definition) is 1. The van der Waals surface area contributed by atoms with Gasteiger partial charge in [-0.05, 0) is 42.0 Å². The molecule has 1 saturated heterocycles. The quantitative estimate of drug-likeness (QED) is 0.296. The molecule has 0 bridgehead atoms. The van der Waals surface area contributed by atoms with Crippen molar-refractivity contribution in [2.24, 2.45) is 0 Å². The summed E-state index contributed by atoms with van der Waals surface area (Å²) in [5.41, 5.74) is 1.02. The average molecular weight is 480 g/mol. The van der Waals surface area contributed by atoms with E-state index in [-0.39, 0.29) is 36.2 Å². The molecule has 3 aromatic rings. The molecule has 4 rings (SSSR count). The number of benzene rings is 2. The molecule has 0 saturated carbocycles. The monoisotopic (exact) mass is 480 g/mol. The van der Waals surface area contributed by atoms with Crippen LogP contribution >= 0.6 is 0 Å². The molecule has 1 aliphatic heterocycles. The zero-order valence-electron chi connectivity index (χ0n) is 18.9. The Hall–Kier alpha value is -4.60. The maximum absolute atomic E-state index is 13.8. The lowest BCUT2D eigenvalue weighted by atomic mass is 10.1. The van der Waals surface area contributed by atoms with Crippen molar-refractivity contribution in [1.29, 1.82) is 0 Å². The van der Waals surface area contributed by atoms with Gasteiger partial charge in [-0.2, -0.15) is 0 Å². The van der Waals surface area contributed by atoms with E-state index in [4.69, 9.17) is 13.9 Å². The number of nitrogens with zero attached hydrogens (tertiary/aromatic N) is 1. The van der Waals surface area contributed by atoms with Gasteiger partial charge in [0.15, 0.2) is 11.5 Å². The van der Waals surface area contributed by atoms with Gasteiger partial charge in [0, 0.05) is 5.56 Å². The molecular weight excluding hydrogens is 459 g/mol. The van der Waals surface area contributed by atoms with Crippen LogP contribution in [0.15, 0.2) is 64.7 Å². The van der Waals surface area contributed by atoms with Crippen LogP contribution in [-0.4, -0.2) is 37.0 Å². The minimum absolute atomic E-state index is 0.0114. The molecule has 3 amide bonds. The second kappa shape index (κ2) is 10.1. The number of nitrogens with one attached hydrogen (secondary N) is 1. The van der Waals surface area contributed by atoms with Crippen molar-refractivity contribution in [3.63, 3.8) is 0 Å². The highest BCUT2D eigenvalue weighted by molar-refractivity contribution is 6.13. The molecule has 2 aromatic carbocycles. The molecule has 35 heavy (non-hydrogen) atoms. The number of rotatable bonds is 8. The number of ether oxygens (including phenoxy) is 3. The van der Waals surface area contributed by atoms with Gasteiger partial charge in [0.1, 0.15) is 23.9 Å². The van der Waals surface area contributed by atoms with Crippen molar-refractivity contribution in [3.8, 4) is 11.5 Å². The molecule has 1 N–H and O–H groups in total. The lowest BCUT2D eigenvalue weighted by Crippen LogP contribution is -2.30. The fourth-order valence-electron chi connectivity index (χ4n) is 3.38. The van der Waals surface area contributed by atoms with Gasteiger partial charge in [0.2, 0.25) is 5.76 Å². The van der Waals surface area contributed by atoms with Crippen LogP contribution in [-0.2, 0) is 22.7 Å². The summed E-state index contributed by atoms with van der Waals surface area (Å²) in [6, 6.07) is 13.5. The summed E-state index contributed by atoms with van der Waals surface area (Å²) >= 11 is 0. The number of carbonyl (C=O) groups is 3. The Labute approximate surface area is 199 Å². The van der Waals surface area contributed by atoms with E-state index < -0.39 is 17.9 Å². The Morgan fingerprint density at radius 3 is 2.63 bits per heavy atom. The van der Waals surface area contributed by atoms with Gasteiger partial charge in [-0.25, -0.2) is 14.0 Å². The number of carbonyl (C=O) groups excluding carboxylic acids is 3. The maximum atomic E-state index is 13.8. The first kappa shape index (κ1) is 23.6. The zero-order chi connectivity index (χ0) is 24.9. The summed E-state index contributed by atoms with van der Waals surface area (Å²) in [6.45, 7) is -0.150. The highest BCUT2D eigenvalue weighted by Crippen LogP contribution is 2.30. The number of hydrogen-bond acceptors (Lipinski definition) is 7. The third kappa shape index (κ3) is 5.16. The first-order chi connectivity index (χ1) is 16.9. The fraction of sp³-hybridized carbons (Fsp3) is 0.160. The number of furan rings is 1. The second-order valence-corrected chi connectivity index (χ2v) is 7.43. The lowest BCUT2D eigenvalue weighted by molar-refractivity contribution is -0.123. The van der Waals surface area contributed by atoms with E-state index in [9.17, 15) is 18.8 Å². The standard InChI is InChI=1S/C25H21FN2O7/c1-32-22-12-15(7-9-20(22)34-14-16-5-3-4-6-18(16)26)11-19-23(29)28(25(31)27-19)13-17-8-10-21(35-17)24(30)33-2/h3-12H,13-14H2,1-2H3,(H,27,31)/b19-11-. The largest absolute Gasteiger partial charge is 0.493 e. The van der Waals surface area contributed by atoms with E-state index in [0.29, 0.717) is 22.6 Å². The normalized spacial score (nSPS) is 14.3. The Kier molecular flexibility index (Phi) is 6.81. The fourth-order valence-corrected chi connectivity index (χ4v) is 3.38. The highest BCUT2D eigenvalue weighted by Gasteiger charge is 2.34. The maximum Gasteiger partial charge on any atom is 0.373 e. The van der Waals surface area contributed by atoms with Gasteiger partial charge < -0.3 is 23.9 Å². The predicted octanol–water partition coefficient (Wildman–Crippen LogP) is 3.89. The van der Waals surface area contributed by atoms with Crippen LogP contribution in [0.5, 0.6) is 11.5 Å². The minimum Gasteiger partial charge on any atom is -0.493 e. The molecule has 2 heterocycles. The second-order valence-electron chi connectivity index (χ2n) is 7.43. The predicted molar refractivity (Wildman–Crippen MR) is 121 cm³/mol. The van der Waals surface area contributed by atoms with Gasteiger partial charge in [-0.15, -0.1) is 0 Å². The molecule has 0 radical (unpaired) electrons. The van der Waals surface area contributed by atoms with Crippen LogP contribution < -0.4 is 14.8 Å². The summed E-state index contributed by atoms with van der Waals surface area (Å²) in [7, 11) is 2.67. The first-order valence-electron chi connectivity index (χ1n) is 10.5. The third-order valence-electron chi connectivity index (χ3n) is 5.16. The van der Waals surface area contributed by atoms with Crippen LogP contribution in [0.2, 0.25) is 0 Å². The van der Waals surface area contributed by atoms with E-state index in [0.717, 1.165) is 4.90 Å². The highest BCUT2D eigenvalue weighted by atomic mass is 19.1. The molecule has 0 aliphatic carbocycles. The van der Waals surface area contributed by atoms with Gasteiger partial charge in [0.05, 0.1) is 20.8 Å². The van der Waals surface area contributed by atoms with E-state index in [1.54, 1.807) is 36.4 Å². The SMILES string of the molecule is COC(=O)c1ccc(CN2C(=O)N/C(=C\c3ccc(OCc4ccccc4F)c(OC)c3)C2=O)o1. The number of methoxy groups -OCH3 is 2. The van der Waals surface area contributed by atoms with Gasteiger partial charge in [-0.1, -0.05) is 24.3 Å². The Balaban J connectivity index is 1.47. The first-order valence-corrected chi connectivity index (χ1v) is 10.5. The van der Waals surface area contributed by atoms with Crippen molar-refractivity contribution in [2.75, 3.05) is 14.2 Å². The van der Waals surface area contributed by atoms with Crippen molar-refractivity contribution >= 4 is 24.0 Å². The molecule has 0 unspecified atom stereocenters. The van der Waals surface area contributed by atoms with Gasteiger partial charge >= 0.3 is 12.0 Å². The molecule has 0 atom stereocenters. The van der Waals surface area contributed by atoms with E-state index in [2.05, 4.69) is 10.1 Å². The molecule has 1 aliphatic rings. The van der Waals surface area contributed by atoms with Gasteiger partial charge in [-0.3, -0.25) is 9.69 Å². The lowest BCUT2D eigenvalue weighted by Gasteiger charge is -2.12. The van der Waals surface area contributed by atoms with Crippen LogP contribution in [0.4, 0.5) is 9.18 Å². The van der Waals surface area contributed by atoms with Crippen LogP contribution in [0.1, 0.15) is 27.4 Å². The Morgan fingerprint density at radius 1 is 1.09 bits per heavy atom. The third-order valence-corrected chi connectivity index (χ3v) is 5.16. The summed E-state index contributed by atoms with van der Waals surface area (Å²) < 4.78 is 34.8. The van der Waals surface area contributed by atoms with Gasteiger partial charge in [0.25, 0.3) is 5.91 Å². The molecule has 1 fully saturated rings. The van der Waals surface area contributed by atoms with Crippen molar-refractivity contribution in [1.82, 2.24) is 10.2 Å². The topological polar surface area (TPSA) is 107 Å². The van der Waals surface area contributed by atoms with Crippen molar-refractivity contribution < 1.29 is 37.4 Å². The average Bonchev–Trinajstić information content (AvgIpc) is 3.44. The summed E-state index contributed by atoms with van der Waals surface area (Å²) in [5.74, 6) is -0.628. The van der Waals surface area contributed by atoms with Crippen LogP contribution in [0, 0.1) is 5.82 Å². The summed E-state index contributed by atoms with van der Waals surface area (Å²) in [4.78, 5) is 37.6. The number of amides is 3. The summed E-state index contributed by atoms with van der Waals surface area (Å²) in [5, 5.41) is 2.52. The number of urea groups is 1. The number of halogens is 1. The van der Waals surface area contributed by atoms with E-state index in [1.807, 2.05) is 0 Å². The molecular formula is C25H21FN2O7. The minimum atomic E-state index is -0.663. The zero-order valence-corrected chi connectivity index (χ0v) is 18.9. The van der Waals surface area contributed by atoms with Crippen LogP contribution in [0.3, 0.4) is 0 Å². The Bertz CT molecular complexity index is 1310. The van der Waals surface area contributed by atoms with E-state index >= 15 is 0 Å². The van der Waals surface area contributed by atoms with E-state index in [1.165, 1.54) is 38.5 Å².